The number of phenols is 1. The Hall–Kier alpha value is -2.19. The molecule has 0 amide bonds. The summed E-state index contributed by atoms with van der Waals surface area (Å²) >= 11 is 1.12. The first-order valence-corrected chi connectivity index (χ1v) is 7.89. The van der Waals surface area contributed by atoms with Gasteiger partial charge in [0.15, 0.2) is 5.75 Å². The van der Waals surface area contributed by atoms with Crippen LogP contribution in [0.4, 0.5) is 13.2 Å². The molecule has 0 radical (unpaired) electrons. The monoisotopic (exact) mass is 358 g/mol. The Morgan fingerprint density at radius 1 is 1.17 bits per heavy atom. The molecule has 3 rings (SSSR count). The lowest BCUT2D eigenvalue weighted by Gasteiger charge is -2.08. The zero-order valence-electron chi connectivity index (χ0n) is 12.3. The molecule has 0 saturated heterocycles. The largest absolute Gasteiger partial charge is 0.573 e. The topological polar surface area (TPSA) is 62.8 Å². The van der Waals surface area contributed by atoms with E-state index >= 15 is 0 Å². The van der Waals surface area contributed by atoms with Gasteiger partial charge in [-0.1, -0.05) is 0 Å². The van der Waals surface area contributed by atoms with Crippen molar-refractivity contribution in [1.29, 1.82) is 0 Å². The molecule has 24 heavy (non-hydrogen) atoms. The molecule has 2 N–H and O–H groups in total. The number of ether oxygens (including phenoxy) is 1. The number of alkyl halides is 3. The quantitative estimate of drug-likeness (QED) is 0.695. The van der Waals surface area contributed by atoms with Crippen molar-refractivity contribution in [1.82, 2.24) is 0 Å². The number of benzene rings is 1. The minimum atomic E-state index is -4.81. The van der Waals surface area contributed by atoms with E-state index in [9.17, 15) is 18.3 Å². The second-order valence-corrected chi connectivity index (χ2v) is 6.25. The van der Waals surface area contributed by atoms with Gasteiger partial charge in [-0.3, -0.25) is 0 Å². The van der Waals surface area contributed by atoms with Gasteiger partial charge in [-0.2, -0.15) is 0 Å². The maximum Gasteiger partial charge on any atom is 0.573 e. The molecule has 0 aliphatic rings. The Morgan fingerprint density at radius 3 is 2.67 bits per heavy atom. The fourth-order valence-electron chi connectivity index (χ4n) is 2.30. The van der Waals surface area contributed by atoms with E-state index in [0.717, 1.165) is 11.3 Å². The van der Waals surface area contributed by atoms with Gasteiger partial charge >= 0.3 is 6.36 Å². The second kappa shape index (κ2) is 6.37. The Balaban J connectivity index is 2.03. The average Bonchev–Trinajstić information content (AvgIpc) is 3.06. The predicted molar refractivity (Wildman–Crippen MR) is 83.3 cm³/mol. The molecule has 8 heteroatoms. The zero-order chi connectivity index (χ0) is 17.3. The van der Waals surface area contributed by atoms with Gasteiger partial charge in [-0.15, -0.1) is 24.5 Å². The number of phenolic OH excluding ortho intramolecular Hbond substituents is 1. The molecule has 0 spiro atoms. The highest BCUT2D eigenvalue weighted by Gasteiger charge is 2.33. The normalized spacial score (nSPS) is 12.0. The van der Waals surface area contributed by atoms with Gasteiger partial charge in [0.2, 0.25) is 0 Å². The first kappa shape index (κ1) is 16.7. The van der Waals surface area contributed by atoms with Crippen LogP contribution in [-0.2, 0) is 6.42 Å². The Bertz CT molecular complexity index is 851. The lowest BCUT2D eigenvalue weighted by Crippen LogP contribution is -2.17. The molecule has 0 aliphatic heterocycles. The SMILES string of the molecule is OCCCc1cc(OC(F)(F)F)c(-c2cc3ccc(O)cc3o2)s1. The summed E-state index contributed by atoms with van der Waals surface area (Å²) in [4.78, 5) is 0.873. The van der Waals surface area contributed by atoms with Crippen LogP contribution in [0.3, 0.4) is 0 Å². The maximum absolute atomic E-state index is 12.6. The molecule has 2 aromatic heterocycles. The van der Waals surface area contributed by atoms with Crippen LogP contribution in [0, 0.1) is 0 Å². The molecule has 1 aromatic carbocycles. The number of furan rings is 1. The summed E-state index contributed by atoms with van der Waals surface area (Å²) in [6.45, 7) is -0.0490. The predicted octanol–water partition coefficient (Wildman–Crippen LogP) is 4.69. The smallest absolute Gasteiger partial charge is 0.508 e. The summed E-state index contributed by atoms with van der Waals surface area (Å²) in [5.41, 5.74) is 0.369. The molecule has 0 aliphatic carbocycles. The molecule has 0 atom stereocenters. The molecule has 0 saturated carbocycles. The minimum absolute atomic E-state index is 0.00461. The van der Waals surface area contributed by atoms with Crippen LogP contribution < -0.4 is 4.74 Å². The van der Waals surface area contributed by atoms with Crippen LogP contribution >= 0.6 is 11.3 Å². The Labute approximate surface area is 138 Å². The summed E-state index contributed by atoms with van der Waals surface area (Å²) in [5, 5.41) is 19.0. The summed E-state index contributed by atoms with van der Waals surface area (Å²) in [6.07, 6.45) is -3.93. The van der Waals surface area contributed by atoms with Gasteiger partial charge in [0, 0.05) is 22.9 Å². The number of thiophene rings is 1. The third kappa shape index (κ3) is 3.65. The Kier molecular flexibility index (Phi) is 4.42. The van der Waals surface area contributed by atoms with Crippen molar-refractivity contribution in [3.63, 3.8) is 0 Å². The summed E-state index contributed by atoms with van der Waals surface area (Å²) in [7, 11) is 0. The molecule has 0 fully saturated rings. The van der Waals surface area contributed by atoms with Crippen molar-refractivity contribution < 1.29 is 32.5 Å². The van der Waals surface area contributed by atoms with Crippen molar-refractivity contribution in [2.24, 2.45) is 0 Å². The van der Waals surface area contributed by atoms with Crippen molar-refractivity contribution in [2.45, 2.75) is 19.2 Å². The highest BCUT2D eigenvalue weighted by Crippen LogP contribution is 2.43. The van der Waals surface area contributed by atoms with Crippen LogP contribution in [-0.4, -0.2) is 23.2 Å². The first-order chi connectivity index (χ1) is 11.4. The van der Waals surface area contributed by atoms with Crippen molar-refractivity contribution in [3.8, 4) is 22.1 Å². The molecule has 2 heterocycles. The van der Waals surface area contributed by atoms with E-state index in [-0.39, 0.29) is 28.7 Å². The number of hydrogen-bond donors (Lipinski definition) is 2. The maximum atomic E-state index is 12.6. The number of aliphatic hydroxyl groups excluding tert-OH is 1. The van der Waals surface area contributed by atoms with Crippen LogP contribution in [0.25, 0.3) is 21.6 Å². The van der Waals surface area contributed by atoms with Gasteiger partial charge in [0.05, 0.1) is 0 Å². The van der Waals surface area contributed by atoms with Gasteiger partial charge < -0.3 is 19.4 Å². The van der Waals surface area contributed by atoms with Crippen LogP contribution in [0.1, 0.15) is 11.3 Å². The molecular weight excluding hydrogens is 345 g/mol. The fourth-order valence-corrected chi connectivity index (χ4v) is 3.38. The van der Waals surface area contributed by atoms with Crippen LogP contribution in [0.15, 0.2) is 34.7 Å². The van der Waals surface area contributed by atoms with Gasteiger partial charge in [-0.25, -0.2) is 0 Å². The summed E-state index contributed by atoms with van der Waals surface area (Å²) < 4.78 is 47.6. The molecule has 4 nitrogen and oxygen atoms in total. The van der Waals surface area contributed by atoms with E-state index in [2.05, 4.69) is 4.74 Å². The molecule has 0 bridgehead atoms. The summed E-state index contributed by atoms with van der Waals surface area (Å²) in [5.74, 6) is -0.0937. The van der Waals surface area contributed by atoms with E-state index in [4.69, 9.17) is 9.52 Å². The fraction of sp³-hybridized carbons (Fsp3) is 0.250. The van der Waals surface area contributed by atoms with Crippen LogP contribution in [0.5, 0.6) is 11.5 Å². The van der Waals surface area contributed by atoms with Crippen molar-refractivity contribution in [2.75, 3.05) is 6.61 Å². The second-order valence-electron chi connectivity index (χ2n) is 5.11. The molecule has 128 valence electrons. The lowest BCUT2D eigenvalue weighted by molar-refractivity contribution is -0.274. The van der Waals surface area contributed by atoms with Gasteiger partial charge in [-0.05, 0) is 37.1 Å². The number of rotatable bonds is 5. The van der Waals surface area contributed by atoms with E-state index < -0.39 is 6.36 Å². The number of aryl methyl sites for hydroxylation is 1. The number of aromatic hydroxyl groups is 1. The average molecular weight is 358 g/mol. The Morgan fingerprint density at radius 2 is 1.96 bits per heavy atom. The molecule has 0 unspecified atom stereocenters. The first-order valence-electron chi connectivity index (χ1n) is 7.08. The number of hydrogen-bond acceptors (Lipinski definition) is 5. The number of halogens is 3. The molecule has 3 aromatic rings. The lowest BCUT2D eigenvalue weighted by atomic mass is 10.2. The van der Waals surface area contributed by atoms with E-state index in [1.807, 2.05) is 0 Å². The van der Waals surface area contributed by atoms with E-state index in [0.29, 0.717) is 28.7 Å². The molecular formula is C16H13F3O4S. The van der Waals surface area contributed by atoms with Gasteiger partial charge in [0.25, 0.3) is 0 Å². The van der Waals surface area contributed by atoms with Crippen molar-refractivity contribution >= 4 is 22.3 Å². The third-order valence-corrected chi connectivity index (χ3v) is 4.47. The van der Waals surface area contributed by atoms with E-state index in [1.54, 1.807) is 12.1 Å². The standard InChI is InChI=1S/C16H13F3O4S/c17-16(18,19)23-14-8-11(2-1-5-20)24-15(14)13-6-9-3-4-10(21)7-12(9)22-13/h3-4,6-8,20-21H,1-2,5H2. The highest BCUT2D eigenvalue weighted by atomic mass is 32.1. The zero-order valence-corrected chi connectivity index (χ0v) is 13.1. The third-order valence-electron chi connectivity index (χ3n) is 3.28. The number of aliphatic hydroxyl groups is 1. The highest BCUT2D eigenvalue weighted by molar-refractivity contribution is 7.15. The minimum Gasteiger partial charge on any atom is -0.508 e. The summed E-state index contributed by atoms with van der Waals surface area (Å²) in [6, 6.07) is 7.38. The van der Waals surface area contributed by atoms with Crippen LogP contribution in [0.2, 0.25) is 0 Å². The number of fused-ring (bicyclic) bond motifs is 1. The van der Waals surface area contributed by atoms with Crippen molar-refractivity contribution in [3.05, 3.63) is 35.2 Å². The van der Waals surface area contributed by atoms with Gasteiger partial charge in [0.1, 0.15) is 22.0 Å². The van der Waals surface area contributed by atoms with E-state index in [1.165, 1.54) is 18.2 Å².